The fourth-order valence-corrected chi connectivity index (χ4v) is 14.5. The molecule has 7 fully saturated rings. The monoisotopic (exact) mass is 945 g/mol. The maximum atomic E-state index is 15.2. The number of aliphatic hydroxyl groups excluding tert-OH is 11. The van der Waals surface area contributed by atoms with Crippen molar-refractivity contribution >= 4 is 5.78 Å². The maximum absolute atomic E-state index is 15.2. The molecule has 7 rings (SSSR count). The first-order valence-electron chi connectivity index (χ1n) is 24.2. The summed E-state index contributed by atoms with van der Waals surface area (Å²) in [5.74, 6) is -0.405. The van der Waals surface area contributed by atoms with E-state index in [9.17, 15) is 56.2 Å². The van der Waals surface area contributed by atoms with Crippen LogP contribution in [0.1, 0.15) is 113 Å². The van der Waals surface area contributed by atoms with Gasteiger partial charge in [-0.2, -0.15) is 0 Å². The maximum Gasteiger partial charge on any atom is 0.187 e. The van der Waals surface area contributed by atoms with E-state index in [1.54, 1.807) is 0 Å². The van der Waals surface area contributed by atoms with Crippen LogP contribution >= 0.6 is 0 Å². The van der Waals surface area contributed by atoms with E-state index in [-0.39, 0.29) is 40.5 Å². The number of hydrogen-bond donors (Lipinski definition) is 11. The minimum Gasteiger partial charge on any atom is -0.394 e. The first kappa shape index (κ1) is 52.6. The van der Waals surface area contributed by atoms with Crippen molar-refractivity contribution < 1.29 is 89.4 Å². The van der Waals surface area contributed by atoms with Crippen molar-refractivity contribution in [2.75, 3.05) is 19.8 Å². The highest BCUT2D eigenvalue weighted by Gasteiger charge is 2.72. The molecule has 3 heterocycles. The second-order valence-corrected chi connectivity index (χ2v) is 22.8. The Kier molecular flexibility index (Phi) is 15.4. The third-order valence-corrected chi connectivity index (χ3v) is 18.6. The molecule has 18 nitrogen and oxygen atoms in total. The van der Waals surface area contributed by atoms with E-state index < -0.39 is 134 Å². The molecule has 4 saturated carbocycles. The largest absolute Gasteiger partial charge is 0.394 e. The highest BCUT2D eigenvalue weighted by atomic mass is 16.7. The average molecular weight is 945 g/mol. The van der Waals surface area contributed by atoms with E-state index in [0.29, 0.717) is 32.1 Å². The van der Waals surface area contributed by atoms with Gasteiger partial charge in [-0.1, -0.05) is 46.3 Å². The summed E-state index contributed by atoms with van der Waals surface area (Å²) in [5, 5.41) is 116. The van der Waals surface area contributed by atoms with Gasteiger partial charge in [0.15, 0.2) is 18.9 Å². The van der Waals surface area contributed by atoms with Crippen LogP contribution in [0.4, 0.5) is 0 Å². The number of carbonyl (C=O) groups is 1. The van der Waals surface area contributed by atoms with Crippen molar-refractivity contribution in [1.82, 2.24) is 0 Å². The van der Waals surface area contributed by atoms with Gasteiger partial charge in [-0.25, -0.2) is 0 Å². The number of hydrogen-bond acceptors (Lipinski definition) is 18. The highest BCUT2D eigenvalue weighted by molar-refractivity contribution is 5.84. The summed E-state index contributed by atoms with van der Waals surface area (Å²) in [6.45, 7) is 15.5. The van der Waals surface area contributed by atoms with E-state index in [1.807, 2.05) is 20.8 Å². The van der Waals surface area contributed by atoms with Crippen molar-refractivity contribution in [3.63, 3.8) is 0 Å². The molecule has 380 valence electrons. The number of ether oxygens (including phenoxy) is 6. The number of carbonyl (C=O) groups excluding carboxylic acids is 1. The van der Waals surface area contributed by atoms with Crippen LogP contribution in [0.15, 0.2) is 11.6 Å². The molecular formula is C48H80O18. The lowest BCUT2D eigenvalue weighted by molar-refractivity contribution is -0.348. The standard InChI is InChI=1S/C48H80O18/c1-22(2)10-9-14-48(8,66-43-40(60)37(57)34(54)27(64-43)21-61-41-38(58)35(55)32(52)25(19-49)62-41)23-11-16-47(7)31(23)24(51)18-29-45(5)15-13-30(44(3,4)28(45)12-17-46(29,47)6)65-42-39(59)36(56)33(53)26(20-50)63-42/h10,23,25-43,49-50,52-60H,9,11-21H2,1-8H3/t23-,25+,26-,27+,28-,29+,30-,31?,32+,33-,34+,35-,36+,37-,38+,39-,40+,41+,42+,43-,45-,46+,47+,48-/m0/s1. The van der Waals surface area contributed by atoms with Crippen LogP contribution in [-0.4, -0.2) is 186 Å². The molecule has 1 unspecified atom stereocenters. The number of allylic oxidation sites excluding steroid dienone is 2. The van der Waals surface area contributed by atoms with Gasteiger partial charge in [0.05, 0.1) is 31.5 Å². The zero-order chi connectivity index (χ0) is 48.6. The summed E-state index contributed by atoms with van der Waals surface area (Å²) in [4.78, 5) is 15.2. The summed E-state index contributed by atoms with van der Waals surface area (Å²) in [6.07, 6.45) is -15.0. The smallest absolute Gasteiger partial charge is 0.187 e. The molecule has 0 aromatic heterocycles. The van der Waals surface area contributed by atoms with Crippen molar-refractivity contribution in [1.29, 1.82) is 0 Å². The summed E-state index contributed by atoms with van der Waals surface area (Å²) >= 11 is 0. The molecule has 4 aliphatic carbocycles. The number of ketones is 1. The zero-order valence-corrected chi connectivity index (χ0v) is 39.9. The molecular weight excluding hydrogens is 865 g/mol. The van der Waals surface area contributed by atoms with Crippen molar-refractivity contribution in [2.24, 2.45) is 45.3 Å². The lowest BCUT2D eigenvalue weighted by atomic mass is 9.35. The summed E-state index contributed by atoms with van der Waals surface area (Å²) in [6, 6.07) is 0. The summed E-state index contributed by atoms with van der Waals surface area (Å²) in [7, 11) is 0. The average Bonchev–Trinajstić information content (AvgIpc) is 3.65. The molecule has 11 N–H and O–H groups in total. The lowest BCUT2D eigenvalue weighted by Gasteiger charge is -2.69. The fraction of sp³-hybridized carbons (Fsp3) is 0.938. The van der Waals surface area contributed by atoms with Crippen LogP contribution in [0.2, 0.25) is 0 Å². The van der Waals surface area contributed by atoms with E-state index in [1.165, 1.54) is 0 Å². The minimum atomic E-state index is -1.74. The molecule has 24 atom stereocenters. The van der Waals surface area contributed by atoms with Crippen LogP contribution in [0.3, 0.4) is 0 Å². The van der Waals surface area contributed by atoms with Gasteiger partial charge in [-0.3, -0.25) is 4.79 Å². The number of rotatable bonds is 13. The Bertz CT molecular complexity index is 1720. The Labute approximate surface area is 388 Å². The lowest BCUT2D eigenvalue weighted by Crippen LogP contribution is -2.67. The van der Waals surface area contributed by atoms with E-state index in [0.717, 1.165) is 31.3 Å². The van der Waals surface area contributed by atoms with Crippen LogP contribution in [-0.2, 0) is 33.2 Å². The van der Waals surface area contributed by atoms with Crippen LogP contribution in [0, 0.1) is 45.3 Å². The quantitative estimate of drug-likeness (QED) is 0.0867. The Morgan fingerprint density at radius 1 is 0.667 bits per heavy atom. The first-order chi connectivity index (χ1) is 30.8. The van der Waals surface area contributed by atoms with Gasteiger partial charge in [0.1, 0.15) is 79.0 Å². The van der Waals surface area contributed by atoms with Gasteiger partial charge >= 0.3 is 0 Å². The highest BCUT2D eigenvalue weighted by Crippen LogP contribution is 2.75. The Hall–Kier alpha value is -1.27. The van der Waals surface area contributed by atoms with Gasteiger partial charge in [-0.05, 0) is 112 Å². The van der Waals surface area contributed by atoms with Crippen molar-refractivity contribution in [2.45, 2.75) is 217 Å². The molecule has 3 saturated heterocycles. The Morgan fingerprint density at radius 2 is 1.20 bits per heavy atom. The molecule has 3 aliphatic heterocycles. The van der Waals surface area contributed by atoms with Crippen LogP contribution in [0.25, 0.3) is 0 Å². The van der Waals surface area contributed by atoms with E-state index in [2.05, 4.69) is 40.7 Å². The van der Waals surface area contributed by atoms with E-state index in [4.69, 9.17) is 28.4 Å². The predicted molar refractivity (Wildman–Crippen MR) is 233 cm³/mol. The molecule has 0 spiro atoms. The third-order valence-electron chi connectivity index (χ3n) is 18.6. The molecule has 66 heavy (non-hydrogen) atoms. The van der Waals surface area contributed by atoms with Gasteiger partial charge in [0.25, 0.3) is 0 Å². The Balaban J connectivity index is 1.11. The normalized spacial score (nSPS) is 51.3. The van der Waals surface area contributed by atoms with Crippen molar-refractivity contribution in [3.8, 4) is 0 Å². The molecule has 18 heteroatoms. The van der Waals surface area contributed by atoms with E-state index >= 15 is 4.79 Å². The second-order valence-electron chi connectivity index (χ2n) is 22.8. The number of aliphatic hydroxyl groups is 11. The molecule has 0 amide bonds. The topological polar surface area (TPSA) is 295 Å². The third kappa shape index (κ3) is 8.81. The van der Waals surface area contributed by atoms with Gasteiger partial charge < -0.3 is 84.6 Å². The molecule has 7 aliphatic rings. The molecule has 0 bridgehead atoms. The number of fused-ring (bicyclic) bond motifs is 5. The summed E-state index contributed by atoms with van der Waals surface area (Å²) in [5.41, 5.74) is -1.39. The predicted octanol–water partition coefficient (Wildman–Crippen LogP) is 0.181. The number of Topliss-reactive ketones (excluding diaryl/α,β-unsaturated/α-hetero) is 1. The molecule has 0 aromatic carbocycles. The Morgan fingerprint density at radius 3 is 1.79 bits per heavy atom. The van der Waals surface area contributed by atoms with Gasteiger partial charge in [0.2, 0.25) is 0 Å². The van der Waals surface area contributed by atoms with Gasteiger partial charge in [0, 0.05) is 12.3 Å². The second kappa shape index (κ2) is 19.4. The van der Waals surface area contributed by atoms with Crippen LogP contribution in [0.5, 0.6) is 0 Å². The van der Waals surface area contributed by atoms with Gasteiger partial charge in [-0.15, -0.1) is 0 Å². The van der Waals surface area contributed by atoms with Crippen molar-refractivity contribution in [3.05, 3.63) is 11.6 Å². The minimum absolute atomic E-state index is 0.0335. The fourth-order valence-electron chi connectivity index (χ4n) is 14.5. The SMILES string of the molecule is CC(C)=CCC[C@](C)(O[C@@H]1O[C@H](CO[C@@H]2O[C@H](CO)[C@@H](O)[C@H](O)[C@H]2O)[C@@H](O)[C@H](O)[C@H]1O)[C@H]1CC[C@]2(C)C1C(=O)C[C@@H]1[C@@]3(C)CC[C@H](O[C@H]4O[C@@H](CO)[C@H](O)[C@@H](O)[C@@H]4O)C(C)(C)[C@@H]3CC[C@]12C. The first-order valence-corrected chi connectivity index (χ1v) is 24.2. The molecule has 0 aromatic rings. The zero-order valence-electron chi connectivity index (χ0n) is 39.9. The summed E-state index contributed by atoms with van der Waals surface area (Å²) < 4.78 is 36.5. The van der Waals surface area contributed by atoms with Crippen LogP contribution < -0.4 is 0 Å². The molecule has 0 radical (unpaired) electrons.